The first kappa shape index (κ1) is 25.7. The van der Waals surface area contributed by atoms with Crippen molar-refractivity contribution in [2.24, 2.45) is 4.99 Å². The second-order valence-corrected chi connectivity index (χ2v) is 12.8. The minimum Gasteiger partial charge on any atom is -0.382 e. The fourth-order valence-corrected chi connectivity index (χ4v) is 7.92. The van der Waals surface area contributed by atoms with E-state index in [1.165, 1.54) is 10.9 Å². The van der Waals surface area contributed by atoms with Crippen molar-refractivity contribution in [3.8, 4) is 22.4 Å². The number of hydrogen-bond acceptors (Lipinski definition) is 11. The molecule has 4 N–H and O–H groups in total. The first-order chi connectivity index (χ1) is 19.8. The van der Waals surface area contributed by atoms with Crippen LogP contribution >= 0.6 is 0 Å². The summed E-state index contributed by atoms with van der Waals surface area (Å²) in [6, 6.07) is 13.7. The van der Waals surface area contributed by atoms with E-state index in [4.69, 9.17) is 10.7 Å². The molecule has 210 valence electrons. The molecule has 12 nitrogen and oxygen atoms in total. The van der Waals surface area contributed by atoms with Crippen LogP contribution in [0.5, 0.6) is 0 Å². The van der Waals surface area contributed by atoms with Crippen LogP contribution in [-0.2, 0) is 20.2 Å². The number of carbonyl (C=O) groups excluding carboxylic acids is 1. The molecule has 6 heterocycles. The summed E-state index contributed by atoms with van der Waals surface area (Å²) in [5.74, 6) is -1.41. The minimum atomic E-state index is -3.85. The highest BCUT2D eigenvalue weighted by Gasteiger charge is 2.61. The highest BCUT2D eigenvalue weighted by molar-refractivity contribution is 7.91. The van der Waals surface area contributed by atoms with Crippen molar-refractivity contribution in [2.75, 3.05) is 12.0 Å². The molecule has 0 radical (unpaired) electrons. The van der Waals surface area contributed by atoms with Gasteiger partial charge in [0.1, 0.15) is 17.1 Å². The maximum atomic E-state index is 13.3. The Kier molecular flexibility index (Phi) is 5.75. The smallest absolute Gasteiger partial charge is 0.243 e. The van der Waals surface area contributed by atoms with Gasteiger partial charge in [-0.1, -0.05) is 36.4 Å². The number of anilines is 1. The van der Waals surface area contributed by atoms with E-state index >= 15 is 0 Å². The predicted octanol–water partition coefficient (Wildman–Crippen LogP) is 2.28. The number of carbonyl (C=O) groups is 1. The second-order valence-electron chi connectivity index (χ2n) is 10.9. The van der Waals surface area contributed by atoms with Crippen molar-refractivity contribution in [1.29, 1.82) is 0 Å². The summed E-state index contributed by atoms with van der Waals surface area (Å²) in [5, 5.41) is 4.44. The number of rotatable bonds is 6. The number of nitrogens with two attached hydrogens (primary N) is 1. The monoisotopic (exact) mass is 571 g/mol. The van der Waals surface area contributed by atoms with E-state index in [1.807, 2.05) is 47.4 Å². The zero-order valence-corrected chi connectivity index (χ0v) is 23.2. The molecule has 2 bridgehead atoms. The number of benzene rings is 1. The number of piperidine rings is 1. The SMILES string of the molecule is CS(=O)(=O)c1c([C@@]23CCC[C@@H](CC2)N3[C@@]2(C=O)N=CNN2)nc2c(-c3ccc(-c4ccccc4)nc3)cnn2c1N. The maximum absolute atomic E-state index is 13.3. The van der Waals surface area contributed by atoms with Crippen molar-refractivity contribution < 1.29 is 13.2 Å². The van der Waals surface area contributed by atoms with Crippen molar-refractivity contribution in [1.82, 2.24) is 35.3 Å². The molecule has 3 atom stereocenters. The number of aldehydes is 1. The number of aromatic nitrogens is 4. The number of sulfone groups is 1. The molecule has 0 amide bonds. The van der Waals surface area contributed by atoms with Crippen LogP contribution in [0.25, 0.3) is 28.0 Å². The van der Waals surface area contributed by atoms with Crippen LogP contribution < -0.4 is 16.6 Å². The predicted molar refractivity (Wildman–Crippen MR) is 153 cm³/mol. The molecule has 0 saturated carbocycles. The number of pyridine rings is 1. The fraction of sp³-hybridized carbons (Fsp3) is 0.321. The zero-order chi connectivity index (χ0) is 28.4. The van der Waals surface area contributed by atoms with Crippen LogP contribution in [0.2, 0.25) is 0 Å². The summed E-state index contributed by atoms with van der Waals surface area (Å²) in [6.07, 6.45) is 10.4. The van der Waals surface area contributed by atoms with Crippen LogP contribution in [-0.4, -0.2) is 63.6 Å². The molecule has 7 rings (SSSR count). The molecule has 3 aliphatic rings. The highest BCUT2D eigenvalue weighted by atomic mass is 32.2. The standard InChI is InChI=1S/C28H29N9O3S/c1-41(39,40)23-24(27-12-5-8-20(11-13-27)37(27)28(16-38)31-17-32-35-28)34-26-21(15-33-36(26)25(23)29)19-9-10-22(30-14-19)18-6-3-2-4-7-18/h2-4,6-7,9-10,14-17,20,35H,5,8,11-13,29H2,1H3,(H,31,32)/t20-,27+,28-/m0/s1. The molecule has 41 heavy (non-hydrogen) atoms. The minimum absolute atomic E-state index is 0.00396. The molecule has 2 fully saturated rings. The summed E-state index contributed by atoms with van der Waals surface area (Å²) in [4.78, 5) is 28.7. The highest BCUT2D eigenvalue weighted by Crippen LogP contribution is 2.55. The maximum Gasteiger partial charge on any atom is 0.243 e. The van der Waals surface area contributed by atoms with E-state index in [-0.39, 0.29) is 16.8 Å². The van der Waals surface area contributed by atoms with Gasteiger partial charge in [0.15, 0.2) is 21.8 Å². The lowest BCUT2D eigenvalue weighted by Gasteiger charge is -2.50. The molecular weight excluding hydrogens is 542 g/mol. The number of aliphatic imine (C=N–C) groups is 1. The number of nitrogens with one attached hydrogen (secondary N) is 2. The first-order valence-electron chi connectivity index (χ1n) is 13.5. The number of hydrogen-bond donors (Lipinski definition) is 3. The Morgan fingerprint density at radius 1 is 1.07 bits per heavy atom. The van der Waals surface area contributed by atoms with E-state index < -0.39 is 21.2 Å². The topological polar surface area (TPSA) is 160 Å². The first-order valence-corrected chi connectivity index (χ1v) is 15.4. The van der Waals surface area contributed by atoms with Gasteiger partial charge < -0.3 is 11.2 Å². The van der Waals surface area contributed by atoms with Gasteiger partial charge in [-0.05, 0) is 38.2 Å². The molecule has 3 aliphatic heterocycles. The largest absolute Gasteiger partial charge is 0.382 e. The molecule has 3 aromatic heterocycles. The third kappa shape index (κ3) is 3.80. The van der Waals surface area contributed by atoms with Crippen molar-refractivity contribution in [3.05, 3.63) is 60.6 Å². The molecule has 4 aromatic rings. The Morgan fingerprint density at radius 3 is 2.59 bits per heavy atom. The Morgan fingerprint density at radius 2 is 1.90 bits per heavy atom. The van der Waals surface area contributed by atoms with Crippen molar-refractivity contribution in [2.45, 2.75) is 54.4 Å². The Balaban J connectivity index is 1.44. The molecule has 1 aromatic carbocycles. The summed E-state index contributed by atoms with van der Waals surface area (Å²) < 4.78 is 28.1. The summed E-state index contributed by atoms with van der Waals surface area (Å²) in [5.41, 5.74) is 15.5. The summed E-state index contributed by atoms with van der Waals surface area (Å²) in [6.45, 7) is 0. The average molecular weight is 572 g/mol. The van der Waals surface area contributed by atoms with Gasteiger partial charge in [-0.25, -0.2) is 23.3 Å². The van der Waals surface area contributed by atoms with Gasteiger partial charge in [0.05, 0.1) is 23.1 Å². The van der Waals surface area contributed by atoms with Gasteiger partial charge in [0, 0.05) is 35.2 Å². The number of nitrogen functional groups attached to an aromatic ring is 1. The molecule has 0 spiro atoms. The van der Waals surface area contributed by atoms with Crippen LogP contribution in [0.4, 0.5) is 5.82 Å². The lowest BCUT2D eigenvalue weighted by Crippen LogP contribution is -2.67. The van der Waals surface area contributed by atoms with Gasteiger partial charge in [-0.3, -0.25) is 9.78 Å². The normalized spacial score (nSPS) is 25.9. The molecule has 13 heteroatoms. The van der Waals surface area contributed by atoms with Crippen LogP contribution in [0, 0.1) is 0 Å². The molecule has 0 aliphatic carbocycles. The summed E-state index contributed by atoms with van der Waals surface area (Å²) in [7, 11) is -3.85. The van der Waals surface area contributed by atoms with Gasteiger partial charge in [-0.2, -0.15) is 15.0 Å². The number of hydrazine groups is 1. The molecular formula is C28H29N9O3S. The lowest BCUT2D eigenvalue weighted by atomic mass is 9.83. The summed E-state index contributed by atoms with van der Waals surface area (Å²) >= 11 is 0. The van der Waals surface area contributed by atoms with Crippen molar-refractivity contribution in [3.63, 3.8) is 0 Å². The van der Waals surface area contributed by atoms with Gasteiger partial charge in [0.2, 0.25) is 5.79 Å². The zero-order valence-electron chi connectivity index (χ0n) is 22.4. The van der Waals surface area contributed by atoms with E-state index in [0.717, 1.165) is 48.6 Å². The van der Waals surface area contributed by atoms with Crippen LogP contribution in [0.15, 0.2) is 64.7 Å². The number of nitrogens with zero attached hydrogens (tertiary/aromatic N) is 6. The van der Waals surface area contributed by atoms with Crippen LogP contribution in [0.3, 0.4) is 0 Å². The lowest BCUT2D eigenvalue weighted by molar-refractivity contribution is -0.131. The Hall–Kier alpha value is -4.20. The van der Waals surface area contributed by atoms with Gasteiger partial charge in [-0.15, -0.1) is 0 Å². The molecule has 0 unspecified atom stereocenters. The second kappa shape index (κ2) is 9.16. The average Bonchev–Trinajstić information content (AvgIpc) is 3.69. The quantitative estimate of drug-likeness (QED) is 0.293. The van der Waals surface area contributed by atoms with Crippen LogP contribution in [0.1, 0.15) is 37.8 Å². The third-order valence-corrected chi connectivity index (χ3v) is 9.70. The van der Waals surface area contributed by atoms with E-state index in [2.05, 4.69) is 25.9 Å². The third-order valence-electron chi connectivity index (χ3n) is 8.55. The fourth-order valence-electron chi connectivity index (χ4n) is 6.87. The van der Waals surface area contributed by atoms with Crippen molar-refractivity contribution >= 4 is 33.9 Å². The molecule has 2 saturated heterocycles. The van der Waals surface area contributed by atoms with E-state index in [9.17, 15) is 13.2 Å². The van der Waals surface area contributed by atoms with Gasteiger partial charge in [0.25, 0.3) is 0 Å². The Labute approximate surface area is 236 Å². The Bertz CT molecular complexity index is 1800. The van der Waals surface area contributed by atoms with Gasteiger partial charge >= 0.3 is 0 Å². The number of fused-ring (bicyclic) bond motifs is 3. The van der Waals surface area contributed by atoms with E-state index in [0.29, 0.717) is 29.7 Å². The van der Waals surface area contributed by atoms with E-state index in [1.54, 1.807) is 12.4 Å².